The number of hydrogen-bond acceptors (Lipinski definition) is 4. The Bertz CT molecular complexity index is 1220. The predicted molar refractivity (Wildman–Crippen MR) is 122 cm³/mol. The molecule has 4 heterocycles. The van der Waals surface area contributed by atoms with E-state index in [-0.39, 0.29) is 23.8 Å². The number of halogens is 1. The molecule has 3 saturated heterocycles. The van der Waals surface area contributed by atoms with Gasteiger partial charge in [0.05, 0.1) is 25.0 Å². The summed E-state index contributed by atoms with van der Waals surface area (Å²) in [5.41, 5.74) is 0.983. The first-order chi connectivity index (χ1) is 16.0. The summed E-state index contributed by atoms with van der Waals surface area (Å²) < 4.78 is 5.46. The van der Waals surface area contributed by atoms with E-state index in [1.165, 1.54) is 12.0 Å². The fourth-order valence-electron chi connectivity index (χ4n) is 6.99. The van der Waals surface area contributed by atoms with E-state index in [4.69, 9.17) is 16.3 Å². The van der Waals surface area contributed by atoms with Crippen LogP contribution in [0.2, 0.25) is 5.02 Å². The molecule has 3 amide bonds. The van der Waals surface area contributed by atoms with Crippen LogP contribution in [0, 0.1) is 11.8 Å². The highest BCUT2D eigenvalue weighted by Gasteiger charge is 2.79. The second kappa shape index (κ2) is 7.05. The number of imide groups is 1. The van der Waals surface area contributed by atoms with Crippen LogP contribution >= 0.6 is 11.6 Å². The molecule has 170 valence electrons. The first kappa shape index (κ1) is 20.7. The molecule has 4 aliphatic heterocycles. The Hall–Kier alpha value is -2.90. The molecule has 6 rings (SSSR count). The molecular weight excluding hydrogens is 442 g/mol. The minimum Gasteiger partial charge on any atom is -0.495 e. The average molecular weight is 467 g/mol. The SMILES string of the molecule is CCN1C(=O)[C@]2(c3ccccc31)[C@@H]1C(=O)N(c3cc(Cl)ccc3OC)C(=O)[C@@H]1[C@@H]1CCC[NH+]12. The van der Waals surface area contributed by atoms with Crippen LogP contribution in [0.3, 0.4) is 0 Å². The Balaban J connectivity index is 1.57. The second-order valence-corrected chi connectivity index (χ2v) is 9.67. The van der Waals surface area contributed by atoms with Crippen LogP contribution in [0.4, 0.5) is 11.4 Å². The molecule has 1 N–H and O–H groups in total. The Morgan fingerprint density at radius 3 is 2.67 bits per heavy atom. The third-order valence-corrected chi connectivity index (χ3v) is 8.30. The number of quaternary nitrogens is 1. The molecule has 2 aromatic carbocycles. The lowest BCUT2D eigenvalue weighted by Crippen LogP contribution is -3.20. The van der Waals surface area contributed by atoms with Gasteiger partial charge in [-0.05, 0) is 31.2 Å². The van der Waals surface area contributed by atoms with Crippen LogP contribution in [0.1, 0.15) is 25.3 Å². The molecule has 0 radical (unpaired) electrons. The number of nitrogens with zero attached hydrogens (tertiary/aromatic N) is 2. The molecule has 7 nitrogen and oxygen atoms in total. The van der Waals surface area contributed by atoms with Gasteiger partial charge in [-0.2, -0.15) is 0 Å². The zero-order valence-electron chi connectivity index (χ0n) is 18.5. The Kier molecular flexibility index (Phi) is 4.42. The number of nitrogens with one attached hydrogen (secondary N) is 1. The maximum atomic E-state index is 14.2. The van der Waals surface area contributed by atoms with E-state index in [0.717, 1.165) is 35.5 Å². The molecule has 1 unspecified atom stereocenters. The van der Waals surface area contributed by atoms with Gasteiger partial charge in [0.25, 0.3) is 5.91 Å². The van der Waals surface area contributed by atoms with Crippen LogP contribution in [0.15, 0.2) is 42.5 Å². The standard InChI is InChI=1S/C25H24ClN3O4/c1-3-27-16-8-5-4-7-15(16)25(24(27)32)21-20(17-9-6-12-28(17)25)22(30)29(23(21)31)18-13-14(26)10-11-19(18)33-2/h4-5,7-8,10-11,13,17,20-21H,3,6,9,12H2,1-2H3/p+1/t17-,20+,21-,25-/m0/s1. The number of amides is 3. The van der Waals surface area contributed by atoms with Crippen molar-refractivity contribution < 1.29 is 24.0 Å². The number of ether oxygens (including phenoxy) is 1. The highest BCUT2D eigenvalue weighted by atomic mass is 35.5. The number of carbonyl (C=O) groups excluding carboxylic acids is 3. The van der Waals surface area contributed by atoms with Gasteiger partial charge in [-0.3, -0.25) is 14.4 Å². The number of carbonyl (C=O) groups is 3. The Morgan fingerprint density at radius 2 is 1.91 bits per heavy atom. The van der Waals surface area contributed by atoms with Gasteiger partial charge in [0.1, 0.15) is 23.6 Å². The Morgan fingerprint density at radius 1 is 1.12 bits per heavy atom. The van der Waals surface area contributed by atoms with Crippen molar-refractivity contribution in [3.05, 3.63) is 53.1 Å². The van der Waals surface area contributed by atoms with E-state index in [2.05, 4.69) is 0 Å². The molecule has 4 aliphatic rings. The highest BCUT2D eigenvalue weighted by molar-refractivity contribution is 6.32. The summed E-state index contributed by atoms with van der Waals surface area (Å²) in [4.78, 5) is 46.3. The number of rotatable bonds is 3. The first-order valence-corrected chi connectivity index (χ1v) is 11.8. The van der Waals surface area contributed by atoms with E-state index < -0.39 is 17.4 Å². The van der Waals surface area contributed by atoms with Gasteiger partial charge in [-0.25, -0.2) is 4.90 Å². The topological polar surface area (TPSA) is 71.4 Å². The van der Waals surface area contributed by atoms with Crippen molar-refractivity contribution in [3.8, 4) is 5.75 Å². The zero-order valence-corrected chi connectivity index (χ0v) is 19.3. The van der Waals surface area contributed by atoms with Crippen molar-refractivity contribution in [2.45, 2.75) is 31.3 Å². The van der Waals surface area contributed by atoms with Crippen molar-refractivity contribution in [2.24, 2.45) is 11.8 Å². The molecule has 8 heteroatoms. The lowest BCUT2D eigenvalue weighted by atomic mass is 9.75. The summed E-state index contributed by atoms with van der Waals surface area (Å²) in [6.45, 7) is 3.24. The van der Waals surface area contributed by atoms with Crippen molar-refractivity contribution in [3.63, 3.8) is 0 Å². The largest absolute Gasteiger partial charge is 0.495 e. The number of benzene rings is 2. The number of fused-ring (bicyclic) bond motifs is 7. The lowest BCUT2D eigenvalue weighted by Gasteiger charge is -2.34. The maximum Gasteiger partial charge on any atom is 0.294 e. The summed E-state index contributed by atoms with van der Waals surface area (Å²) >= 11 is 6.24. The summed E-state index contributed by atoms with van der Waals surface area (Å²) in [6, 6.07) is 12.6. The van der Waals surface area contributed by atoms with Crippen molar-refractivity contribution in [2.75, 3.05) is 30.0 Å². The maximum absolute atomic E-state index is 14.2. The third kappa shape index (κ3) is 2.36. The summed E-state index contributed by atoms with van der Waals surface area (Å²) in [5.74, 6) is -1.56. The third-order valence-electron chi connectivity index (χ3n) is 8.07. The summed E-state index contributed by atoms with van der Waals surface area (Å²) in [5, 5.41) is 0.408. The molecule has 0 bridgehead atoms. The second-order valence-electron chi connectivity index (χ2n) is 9.23. The van der Waals surface area contributed by atoms with Crippen LogP contribution in [0.5, 0.6) is 5.75 Å². The van der Waals surface area contributed by atoms with Crippen LogP contribution in [0.25, 0.3) is 0 Å². The zero-order chi connectivity index (χ0) is 23.1. The minimum absolute atomic E-state index is 0.0679. The van der Waals surface area contributed by atoms with Crippen LogP contribution in [-0.2, 0) is 19.9 Å². The van der Waals surface area contributed by atoms with Gasteiger partial charge in [0, 0.05) is 30.0 Å². The molecular formula is C25H25ClN3O4+. The Labute approximate surface area is 196 Å². The van der Waals surface area contributed by atoms with E-state index in [1.807, 2.05) is 31.2 Å². The van der Waals surface area contributed by atoms with Gasteiger partial charge in [0.2, 0.25) is 17.4 Å². The quantitative estimate of drug-likeness (QED) is 0.700. The summed E-state index contributed by atoms with van der Waals surface area (Å²) in [6.07, 6.45) is 1.74. The number of likely N-dealkylation sites (N-methyl/N-ethyl adjacent to an activating group) is 1. The molecule has 3 fully saturated rings. The van der Waals surface area contributed by atoms with Crippen LogP contribution in [-0.4, -0.2) is 44.0 Å². The molecule has 33 heavy (non-hydrogen) atoms. The van der Waals surface area contributed by atoms with Gasteiger partial charge >= 0.3 is 0 Å². The van der Waals surface area contributed by atoms with Gasteiger partial charge < -0.3 is 14.5 Å². The van der Waals surface area contributed by atoms with Crippen molar-refractivity contribution in [1.82, 2.24) is 0 Å². The predicted octanol–water partition coefficient (Wildman–Crippen LogP) is 1.78. The molecule has 2 aromatic rings. The van der Waals surface area contributed by atoms with Crippen molar-refractivity contribution in [1.29, 1.82) is 0 Å². The fourth-order valence-corrected chi connectivity index (χ4v) is 7.16. The van der Waals surface area contributed by atoms with Crippen molar-refractivity contribution >= 4 is 40.7 Å². The monoisotopic (exact) mass is 466 g/mol. The fraction of sp³-hybridized carbons (Fsp3) is 0.400. The molecule has 0 aromatic heterocycles. The summed E-state index contributed by atoms with van der Waals surface area (Å²) in [7, 11) is 1.50. The molecule has 1 spiro atoms. The normalized spacial score (nSPS) is 32.0. The van der Waals surface area contributed by atoms with E-state index in [1.54, 1.807) is 23.1 Å². The average Bonchev–Trinajstić information content (AvgIpc) is 3.51. The first-order valence-electron chi connectivity index (χ1n) is 11.5. The number of methoxy groups -OCH3 is 1. The smallest absolute Gasteiger partial charge is 0.294 e. The van der Waals surface area contributed by atoms with Gasteiger partial charge in [0.15, 0.2) is 0 Å². The van der Waals surface area contributed by atoms with E-state index in [0.29, 0.717) is 23.0 Å². The highest BCUT2D eigenvalue weighted by Crippen LogP contribution is 2.54. The van der Waals surface area contributed by atoms with Gasteiger partial charge in [-0.15, -0.1) is 0 Å². The molecule has 5 atom stereocenters. The van der Waals surface area contributed by atoms with E-state index in [9.17, 15) is 14.4 Å². The van der Waals surface area contributed by atoms with E-state index >= 15 is 0 Å². The number of para-hydroxylation sites is 1. The molecule has 0 aliphatic carbocycles. The minimum atomic E-state index is -1.08. The van der Waals surface area contributed by atoms with Gasteiger partial charge in [-0.1, -0.05) is 29.8 Å². The molecule has 0 saturated carbocycles. The lowest BCUT2D eigenvalue weighted by molar-refractivity contribution is -0.948. The number of anilines is 2. The van der Waals surface area contributed by atoms with Crippen LogP contribution < -0.4 is 19.4 Å². The number of hydrogen-bond donors (Lipinski definition) is 1.